The topological polar surface area (TPSA) is 205 Å². The standard InChI is InChI=1S/C37H46N8O8/c1-19(2)29(42-36(49)51-5)34(47)44-13-7-9-26(44)32-38-17-25(41-32)31(46)28-16-22(18-53-28)21-11-12-23-24(15-21)40-33(39-23)27-10-8-14-45(27)35(48)30(20(3)4)43-37(50)52-6/h11-12,15-20,26-27,29-30H,7-10,13-14H2,1-6H3,(H,38,41)(H,39,40)(H,42,49)(H,43,50). The molecular formula is C37H46N8O8. The van der Waals surface area contributed by atoms with Gasteiger partial charge in [-0.2, -0.15) is 0 Å². The van der Waals surface area contributed by atoms with Crippen molar-refractivity contribution in [2.75, 3.05) is 27.3 Å². The zero-order chi connectivity index (χ0) is 38.0. The minimum Gasteiger partial charge on any atom is -0.460 e. The number of amides is 4. The van der Waals surface area contributed by atoms with Crippen LogP contribution in [0.4, 0.5) is 9.59 Å². The Morgan fingerprint density at radius 2 is 1.40 bits per heavy atom. The van der Waals surface area contributed by atoms with Crippen LogP contribution in [0.1, 0.15) is 93.4 Å². The van der Waals surface area contributed by atoms with Gasteiger partial charge in [-0.05, 0) is 61.3 Å². The number of aromatic nitrogens is 4. The second-order valence-corrected chi connectivity index (χ2v) is 14.2. The number of hydrogen-bond acceptors (Lipinski definition) is 10. The fourth-order valence-electron chi connectivity index (χ4n) is 7.11. The van der Waals surface area contributed by atoms with Gasteiger partial charge in [-0.1, -0.05) is 33.8 Å². The molecule has 16 nitrogen and oxygen atoms in total. The van der Waals surface area contributed by atoms with Gasteiger partial charge in [0.15, 0.2) is 5.76 Å². The molecule has 4 atom stereocenters. The SMILES string of the molecule is COC(=O)NC(C(=O)N1CCCC1c1ncc(C(=O)c2cc(-c3ccc4nc(C5CCCN5C(=O)C(NC(=O)OC)C(C)C)[nH]c4c3)co2)[nH]1)C(C)C. The van der Waals surface area contributed by atoms with Crippen LogP contribution in [-0.2, 0) is 19.1 Å². The van der Waals surface area contributed by atoms with Crippen molar-refractivity contribution in [3.8, 4) is 11.1 Å². The van der Waals surface area contributed by atoms with Gasteiger partial charge in [0.1, 0.15) is 29.4 Å². The summed E-state index contributed by atoms with van der Waals surface area (Å²) in [6.45, 7) is 8.48. The number of carbonyl (C=O) groups excluding carboxylic acids is 5. The fraction of sp³-hybridized carbons (Fsp3) is 0.486. The van der Waals surface area contributed by atoms with Crippen molar-refractivity contribution in [3.05, 3.63) is 59.8 Å². The van der Waals surface area contributed by atoms with Crippen LogP contribution in [-0.4, -0.2) is 98.9 Å². The summed E-state index contributed by atoms with van der Waals surface area (Å²) >= 11 is 0. The lowest BCUT2D eigenvalue weighted by Crippen LogP contribution is -2.51. The Labute approximate surface area is 306 Å². The highest BCUT2D eigenvalue weighted by Gasteiger charge is 2.39. The molecule has 0 radical (unpaired) electrons. The van der Waals surface area contributed by atoms with Crippen molar-refractivity contribution in [1.29, 1.82) is 0 Å². The number of likely N-dealkylation sites (tertiary alicyclic amines) is 2. The van der Waals surface area contributed by atoms with Crippen LogP contribution in [0.2, 0.25) is 0 Å². The zero-order valence-electron chi connectivity index (χ0n) is 30.7. The van der Waals surface area contributed by atoms with Crippen LogP contribution in [0.15, 0.2) is 41.1 Å². The molecular weight excluding hydrogens is 684 g/mol. The number of nitrogens with zero attached hydrogens (tertiary/aromatic N) is 4. The van der Waals surface area contributed by atoms with Crippen LogP contribution < -0.4 is 10.6 Å². The molecule has 5 heterocycles. The number of alkyl carbamates (subject to hydrolysis) is 2. The average Bonchev–Trinajstić information content (AvgIpc) is 3.99. The van der Waals surface area contributed by atoms with E-state index in [1.165, 1.54) is 26.7 Å². The number of furan rings is 1. The maximum absolute atomic E-state index is 13.6. The molecule has 4 unspecified atom stereocenters. The third-order valence-corrected chi connectivity index (χ3v) is 9.98. The number of H-pyrrole nitrogens is 2. The highest BCUT2D eigenvalue weighted by Crippen LogP contribution is 2.35. The maximum atomic E-state index is 13.6. The first-order chi connectivity index (χ1) is 25.4. The van der Waals surface area contributed by atoms with Gasteiger partial charge in [0.05, 0.1) is 49.8 Å². The van der Waals surface area contributed by atoms with Gasteiger partial charge >= 0.3 is 12.2 Å². The molecule has 1 aromatic carbocycles. The van der Waals surface area contributed by atoms with Crippen molar-refractivity contribution >= 4 is 40.8 Å². The van der Waals surface area contributed by atoms with Gasteiger partial charge in [0, 0.05) is 18.7 Å². The van der Waals surface area contributed by atoms with E-state index in [0.717, 1.165) is 35.9 Å². The Morgan fingerprint density at radius 1 is 0.811 bits per heavy atom. The second kappa shape index (κ2) is 15.5. The summed E-state index contributed by atoms with van der Waals surface area (Å²) in [5.74, 6) is 0.120. The van der Waals surface area contributed by atoms with Crippen molar-refractivity contribution in [2.24, 2.45) is 11.8 Å². The van der Waals surface area contributed by atoms with E-state index in [1.54, 1.807) is 15.9 Å². The van der Waals surface area contributed by atoms with E-state index in [4.69, 9.17) is 18.9 Å². The van der Waals surface area contributed by atoms with E-state index in [1.807, 2.05) is 45.9 Å². The van der Waals surface area contributed by atoms with Crippen LogP contribution in [0.3, 0.4) is 0 Å². The Morgan fingerprint density at radius 3 is 1.96 bits per heavy atom. The summed E-state index contributed by atoms with van der Waals surface area (Å²) in [4.78, 5) is 83.6. The monoisotopic (exact) mass is 730 g/mol. The molecule has 4 amide bonds. The van der Waals surface area contributed by atoms with E-state index < -0.39 is 30.1 Å². The molecule has 282 valence electrons. The number of methoxy groups -OCH3 is 2. The number of ketones is 1. The first-order valence-corrected chi connectivity index (χ1v) is 17.9. The summed E-state index contributed by atoms with van der Waals surface area (Å²) < 4.78 is 15.2. The second-order valence-electron chi connectivity index (χ2n) is 14.2. The first-order valence-electron chi connectivity index (χ1n) is 17.9. The van der Waals surface area contributed by atoms with Gasteiger partial charge in [-0.15, -0.1) is 0 Å². The molecule has 0 aliphatic carbocycles. The van der Waals surface area contributed by atoms with E-state index in [0.29, 0.717) is 36.7 Å². The number of rotatable bonds is 11. The number of imidazole rings is 2. The molecule has 3 aromatic heterocycles. The smallest absolute Gasteiger partial charge is 0.407 e. The quantitative estimate of drug-likeness (QED) is 0.154. The number of benzene rings is 1. The normalized spacial score (nSPS) is 18.4. The maximum Gasteiger partial charge on any atom is 0.407 e. The average molecular weight is 731 g/mol. The molecule has 2 fully saturated rings. The lowest BCUT2D eigenvalue weighted by molar-refractivity contribution is -0.136. The van der Waals surface area contributed by atoms with Crippen molar-refractivity contribution < 1.29 is 37.9 Å². The minimum atomic E-state index is -0.769. The number of carbonyl (C=O) groups is 5. The van der Waals surface area contributed by atoms with E-state index in [-0.39, 0.29) is 47.2 Å². The van der Waals surface area contributed by atoms with Gasteiger partial charge in [-0.3, -0.25) is 14.4 Å². The lowest BCUT2D eigenvalue weighted by Gasteiger charge is -2.29. The highest BCUT2D eigenvalue weighted by atomic mass is 16.5. The van der Waals surface area contributed by atoms with Crippen molar-refractivity contribution in [3.63, 3.8) is 0 Å². The molecule has 6 rings (SSSR count). The van der Waals surface area contributed by atoms with Crippen molar-refractivity contribution in [2.45, 2.75) is 77.5 Å². The third kappa shape index (κ3) is 7.62. The van der Waals surface area contributed by atoms with Crippen LogP contribution in [0.25, 0.3) is 22.2 Å². The largest absolute Gasteiger partial charge is 0.460 e. The Kier molecular flexibility index (Phi) is 10.9. The molecule has 4 aromatic rings. The molecule has 0 spiro atoms. The minimum absolute atomic E-state index is 0.113. The molecule has 16 heteroatoms. The molecule has 53 heavy (non-hydrogen) atoms. The van der Waals surface area contributed by atoms with E-state index in [9.17, 15) is 24.0 Å². The van der Waals surface area contributed by atoms with Crippen LogP contribution in [0, 0.1) is 11.8 Å². The van der Waals surface area contributed by atoms with Crippen LogP contribution >= 0.6 is 0 Å². The number of nitrogens with one attached hydrogen (secondary N) is 4. The Bertz CT molecular complexity index is 2000. The Balaban J connectivity index is 1.16. The summed E-state index contributed by atoms with van der Waals surface area (Å²) in [5.41, 5.74) is 3.18. The molecule has 4 N–H and O–H groups in total. The summed E-state index contributed by atoms with van der Waals surface area (Å²) in [6, 6.07) is 5.18. The molecule has 0 bridgehead atoms. The van der Waals surface area contributed by atoms with Gasteiger partial charge < -0.3 is 44.3 Å². The van der Waals surface area contributed by atoms with E-state index >= 15 is 0 Å². The molecule has 0 saturated carbocycles. The first kappa shape index (κ1) is 37.1. The number of ether oxygens (including phenoxy) is 2. The molecule has 2 aliphatic rings. The summed E-state index contributed by atoms with van der Waals surface area (Å²) in [6.07, 6.45) is 4.55. The van der Waals surface area contributed by atoms with Crippen molar-refractivity contribution in [1.82, 2.24) is 40.4 Å². The van der Waals surface area contributed by atoms with Gasteiger partial charge in [-0.25, -0.2) is 19.6 Å². The van der Waals surface area contributed by atoms with Gasteiger partial charge in [0.2, 0.25) is 17.6 Å². The number of hydrogen-bond donors (Lipinski definition) is 4. The fourth-order valence-corrected chi connectivity index (χ4v) is 7.11. The van der Waals surface area contributed by atoms with Crippen LogP contribution in [0.5, 0.6) is 0 Å². The zero-order valence-corrected chi connectivity index (χ0v) is 30.7. The number of aromatic amines is 2. The Hall–Kier alpha value is -5.67. The summed E-state index contributed by atoms with van der Waals surface area (Å²) in [5, 5.41) is 5.30. The lowest BCUT2D eigenvalue weighted by atomic mass is 10.0. The van der Waals surface area contributed by atoms with E-state index in [2.05, 4.69) is 25.6 Å². The highest BCUT2D eigenvalue weighted by molar-refractivity contribution is 6.06. The van der Waals surface area contributed by atoms with Gasteiger partial charge in [0.25, 0.3) is 0 Å². The molecule has 2 aliphatic heterocycles. The summed E-state index contributed by atoms with van der Waals surface area (Å²) in [7, 11) is 2.52. The number of fused-ring (bicyclic) bond motifs is 1. The third-order valence-electron chi connectivity index (χ3n) is 9.98. The molecule has 2 saturated heterocycles. The predicted molar refractivity (Wildman–Crippen MR) is 192 cm³/mol. The predicted octanol–water partition coefficient (Wildman–Crippen LogP) is 4.87.